The summed E-state index contributed by atoms with van der Waals surface area (Å²) in [6.45, 7) is 4.62. The molecule has 6 nitrogen and oxygen atoms in total. The maximum Gasteiger partial charge on any atom is 0.274 e. The van der Waals surface area contributed by atoms with Crippen molar-refractivity contribution in [3.05, 3.63) is 63.6 Å². The second-order valence-corrected chi connectivity index (χ2v) is 7.18. The fourth-order valence-electron chi connectivity index (χ4n) is 4.44. The molecular weight excluding hydrogens is 316 g/mol. The van der Waals surface area contributed by atoms with Crippen LogP contribution in [0.1, 0.15) is 27.7 Å². The topological polar surface area (TPSA) is 69.3 Å². The number of H-pyrrole nitrogens is 1. The lowest BCUT2D eigenvalue weighted by molar-refractivity contribution is 0.0760. The van der Waals surface area contributed by atoms with Crippen molar-refractivity contribution < 1.29 is 4.79 Å². The molecule has 4 rings (SSSR count). The van der Waals surface area contributed by atoms with Crippen LogP contribution in [0.5, 0.6) is 0 Å². The minimum absolute atomic E-state index is 0.100. The summed E-state index contributed by atoms with van der Waals surface area (Å²) in [4.78, 5) is 28.2. The second-order valence-electron chi connectivity index (χ2n) is 7.18. The van der Waals surface area contributed by atoms with Crippen molar-refractivity contribution >= 4 is 5.91 Å². The molecule has 0 spiro atoms. The number of nitrogens with zero attached hydrogens (tertiary/aromatic N) is 3. The number of aryl methyl sites for hydroxylation is 1. The molecule has 2 aliphatic heterocycles. The summed E-state index contributed by atoms with van der Waals surface area (Å²) in [6.07, 6.45) is 0. The molecule has 2 aromatic rings. The number of carbonyl (C=O) groups excluding carboxylic acids is 1. The number of benzene rings is 1. The number of carbonyl (C=O) groups is 1. The molecule has 0 unspecified atom stereocenters. The predicted octanol–water partition coefficient (Wildman–Crippen LogP) is 1.45. The van der Waals surface area contributed by atoms with E-state index >= 15 is 0 Å². The van der Waals surface area contributed by atoms with Crippen molar-refractivity contribution in [1.82, 2.24) is 20.0 Å². The highest BCUT2D eigenvalue weighted by atomic mass is 16.2. The average Bonchev–Trinajstić information content (AvgIpc) is 3.12. The molecule has 3 heterocycles. The molecule has 0 saturated carbocycles. The van der Waals surface area contributed by atoms with E-state index in [2.05, 4.69) is 53.3 Å². The number of likely N-dealkylation sites (tertiary alicyclic amines) is 2. The van der Waals surface area contributed by atoms with E-state index in [-0.39, 0.29) is 11.5 Å². The number of hydrogen-bond acceptors (Lipinski definition) is 4. The third kappa shape index (κ3) is 2.76. The fourth-order valence-corrected chi connectivity index (χ4v) is 4.44. The molecule has 1 N–H and O–H groups in total. The van der Waals surface area contributed by atoms with Crippen LogP contribution in [-0.4, -0.2) is 52.6 Å². The molecule has 0 bridgehead atoms. The zero-order valence-electron chi connectivity index (χ0n) is 14.5. The van der Waals surface area contributed by atoms with Crippen molar-refractivity contribution in [3.8, 4) is 0 Å². The van der Waals surface area contributed by atoms with Crippen LogP contribution in [0.4, 0.5) is 0 Å². The first kappa shape index (κ1) is 16.0. The number of hydrogen-bond donors (Lipinski definition) is 1. The number of aromatic amines is 1. The van der Waals surface area contributed by atoms with Crippen molar-refractivity contribution in [3.63, 3.8) is 0 Å². The van der Waals surface area contributed by atoms with E-state index in [0.717, 1.165) is 19.6 Å². The average molecular weight is 338 g/mol. The number of fused-ring (bicyclic) bond motifs is 1. The van der Waals surface area contributed by atoms with E-state index in [9.17, 15) is 9.59 Å². The molecule has 25 heavy (non-hydrogen) atoms. The molecular formula is C19H22N4O2. The first-order chi connectivity index (χ1) is 12.0. The Morgan fingerprint density at radius 3 is 2.68 bits per heavy atom. The molecule has 6 heteroatoms. The highest BCUT2D eigenvalue weighted by Crippen LogP contribution is 2.44. The normalized spacial score (nSPS) is 26.0. The van der Waals surface area contributed by atoms with Gasteiger partial charge in [0, 0.05) is 37.7 Å². The number of aromatic nitrogens is 2. The van der Waals surface area contributed by atoms with Crippen LogP contribution in [-0.2, 0) is 0 Å². The van der Waals surface area contributed by atoms with Crippen LogP contribution in [0, 0.1) is 18.8 Å². The highest BCUT2D eigenvalue weighted by Gasteiger charge is 2.47. The van der Waals surface area contributed by atoms with Gasteiger partial charge in [-0.2, -0.15) is 5.10 Å². The van der Waals surface area contributed by atoms with Crippen molar-refractivity contribution in [2.45, 2.75) is 13.0 Å². The van der Waals surface area contributed by atoms with Gasteiger partial charge in [-0.1, -0.05) is 24.3 Å². The first-order valence-electron chi connectivity index (χ1n) is 8.65. The van der Waals surface area contributed by atoms with Crippen LogP contribution < -0.4 is 5.56 Å². The molecule has 2 aliphatic rings. The van der Waals surface area contributed by atoms with Gasteiger partial charge in [-0.15, -0.1) is 0 Å². The summed E-state index contributed by atoms with van der Waals surface area (Å²) in [6, 6.07) is 11.7. The van der Waals surface area contributed by atoms with Crippen LogP contribution in [0.25, 0.3) is 0 Å². The number of rotatable bonds is 2. The van der Waals surface area contributed by atoms with Crippen molar-refractivity contribution in [1.29, 1.82) is 0 Å². The summed E-state index contributed by atoms with van der Waals surface area (Å²) in [5.41, 5.74) is 2.66. The molecule has 1 aromatic carbocycles. The van der Waals surface area contributed by atoms with Gasteiger partial charge in [0.2, 0.25) is 0 Å². The zero-order chi connectivity index (χ0) is 17.6. The number of amides is 1. The van der Waals surface area contributed by atoms with Gasteiger partial charge >= 0.3 is 0 Å². The van der Waals surface area contributed by atoms with Crippen molar-refractivity contribution in [2.24, 2.45) is 11.8 Å². The number of nitrogens with one attached hydrogen (secondary N) is 1. The summed E-state index contributed by atoms with van der Waals surface area (Å²) < 4.78 is 0. The van der Waals surface area contributed by atoms with E-state index < -0.39 is 0 Å². The Bertz CT molecular complexity index is 842. The van der Waals surface area contributed by atoms with E-state index in [1.807, 2.05) is 4.90 Å². The maximum absolute atomic E-state index is 12.7. The van der Waals surface area contributed by atoms with Gasteiger partial charge in [-0.05, 0) is 37.1 Å². The Kier molecular flexibility index (Phi) is 3.92. The smallest absolute Gasteiger partial charge is 0.274 e. The lowest BCUT2D eigenvalue weighted by atomic mass is 9.88. The largest absolute Gasteiger partial charge is 0.337 e. The van der Waals surface area contributed by atoms with Crippen LogP contribution in [0.15, 0.2) is 41.2 Å². The highest BCUT2D eigenvalue weighted by molar-refractivity contribution is 5.92. The molecule has 0 radical (unpaired) electrons. The third-order valence-electron chi connectivity index (χ3n) is 5.59. The summed E-state index contributed by atoms with van der Waals surface area (Å²) >= 11 is 0. The van der Waals surface area contributed by atoms with Crippen LogP contribution in [0.3, 0.4) is 0 Å². The summed E-state index contributed by atoms with van der Waals surface area (Å²) in [7, 11) is 2.17. The van der Waals surface area contributed by atoms with Crippen LogP contribution >= 0.6 is 0 Å². The molecule has 130 valence electrons. The van der Waals surface area contributed by atoms with Gasteiger partial charge in [0.05, 0.1) is 0 Å². The summed E-state index contributed by atoms with van der Waals surface area (Å²) in [5.74, 6) is 0.802. The quantitative estimate of drug-likeness (QED) is 0.900. The van der Waals surface area contributed by atoms with E-state index in [1.165, 1.54) is 23.3 Å². The first-order valence-corrected chi connectivity index (χ1v) is 8.65. The molecule has 1 aromatic heterocycles. The van der Waals surface area contributed by atoms with E-state index in [4.69, 9.17) is 0 Å². The Balaban J connectivity index is 1.57. The van der Waals surface area contributed by atoms with Crippen LogP contribution in [0.2, 0.25) is 0 Å². The minimum atomic E-state index is -0.295. The molecule has 3 atom stereocenters. The standard InChI is InChI=1S/C19H22N4O2/c1-12-5-3-4-6-14(12)18-15-11-23(10-13(15)9-22(18)2)19(25)16-7-8-17(24)21-20-16/h3-8,13,15,18H,9-11H2,1-2H3,(H,21,24)/t13-,15+,18-/m0/s1. The maximum atomic E-state index is 12.7. The Morgan fingerprint density at radius 1 is 1.16 bits per heavy atom. The minimum Gasteiger partial charge on any atom is -0.337 e. The molecule has 2 saturated heterocycles. The Hall–Kier alpha value is -2.47. The van der Waals surface area contributed by atoms with E-state index in [0.29, 0.717) is 23.6 Å². The lowest BCUT2D eigenvalue weighted by Crippen LogP contribution is -2.34. The van der Waals surface area contributed by atoms with Crippen molar-refractivity contribution in [2.75, 3.05) is 26.7 Å². The van der Waals surface area contributed by atoms with Gasteiger partial charge in [0.25, 0.3) is 11.5 Å². The lowest BCUT2D eigenvalue weighted by Gasteiger charge is -2.28. The van der Waals surface area contributed by atoms with Gasteiger partial charge in [0.1, 0.15) is 5.69 Å². The summed E-state index contributed by atoms with van der Waals surface area (Å²) in [5, 5.41) is 6.23. The molecule has 1 amide bonds. The second kappa shape index (κ2) is 6.11. The monoisotopic (exact) mass is 338 g/mol. The molecule has 2 fully saturated rings. The Labute approximate surface area is 146 Å². The zero-order valence-corrected chi connectivity index (χ0v) is 14.5. The molecule has 0 aliphatic carbocycles. The third-order valence-corrected chi connectivity index (χ3v) is 5.59. The van der Waals surface area contributed by atoms with Gasteiger partial charge in [-0.25, -0.2) is 5.10 Å². The van der Waals surface area contributed by atoms with Gasteiger partial charge < -0.3 is 4.90 Å². The van der Waals surface area contributed by atoms with Gasteiger partial charge in [-0.3, -0.25) is 14.5 Å². The Morgan fingerprint density at radius 2 is 1.96 bits per heavy atom. The SMILES string of the molecule is Cc1ccccc1[C@H]1[C@@H]2CN(C(=O)c3ccc(=O)[nH]n3)C[C@@H]2CN1C. The fraction of sp³-hybridized carbons (Fsp3) is 0.421. The van der Waals surface area contributed by atoms with Gasteiger partial charge in [0.15, 0.2) is 0 Å². The predicted molar refractivity (Wildman–Crippen MR) is 94.3 cm³/mol. The van der Waals surface area contributed by atoms with E-state index in [1.54, 1.807) is 0 Å².